The highest BCUT2D eigenvalue weighted by atomic mass is 16.3. The van der Waals surface area contributed by atoms with Crippen molar-refractivity contribution in [3.8, 4) is 11.6 Å². The largest absolute Gasteiger partial charge is 0.508 e. The lowest BCUT2D eigenvalue weighted by molar-refractivity contribution is 0.475. The summed E-state index contributed by atoms with van der Waals surface area (Å²) in [7, 11) is 0. The average Bonchev–Trinajstić information content (AvgIpc) is 3.37. The molecular formula is C41H34N2O. The Morgan fingerprint density at radius 1 is 0.545 bits per heavy atom. The van der Waals surface area contributed by atoms with Gasteiger partial charge >= 0.3 is 0 Å². The molecule has 0 bridgehead atoms. The van der Waals surface area contributed by atoms with Crippen LogP contribution in [-0.4, -0.2) is 14.7 Å². The van der Waals surface area contributed by atoms with Crippen molar-refractivity contribution in [2.24, 2.45) is 0 Å². The van der Waals surface area contributed by atoms with Crippen LogP contribution >= 0.6 is 0 Å². The third kappa shape index (κ3) is 4.97. The maximum Gasteiger partial charge on any atom is 0.137 e. The van der Waals surface area contributed by atoms with Gasteiger partial charge in [0.15, 0.2) is 0 Å². The number of aromatic hydroxyl groups is 1. The van der Waals surface area contributed by atoms with Gasteiger partial charge in [0.05, 0.1) is 11.0 Å². The molecule has 0 atom stereocenters. The van der Waals surface area contributed by atoms with Crippen LogP contribution in [0, 0.1) is 0 Å². The minimum atomic E-state index is -0.00685. The minimum absolute atomic E-state index is 0.00685. The molecule has 7 aromatic rings. The van der Waals surface area contributed by atoms with E-state index < -0.39 is 0 Å². The molecule has 2 heterocycles. The number of rotatable bonds is 5. The lowest BCUT2D eigenvalue weighted by Crippen LogP contribution is -2.12. The number of hydrogen-bond acceptors (Lipinski definition) is 2. The minimum Gasteiger partial charge on any atom is -0.508 e. The van der Waals surface area contributed by atoms with Gasteiger partial charge in [0.1, 0.15) is 11.6 Å². The van der Waals surface area contributed by atoms with E-state index in [9.17, 15) is 5.11 Å². The molecule has 214 valence electrons. The fraction of sp³-hybridized carbons (Fsp3) is 0.0976. The first-order chi connectivity index (χ1) is 21.4. The lowest BCUT2D eigenvalue weighted by Gasteiger charge is -2.20. The quantitative estimate of drug-likeness (QED) is 0.209. The number of hydrogen-bond donors (Lipinski definition) is 1. The number of benzene rings is 5. The first-order valence-corrected chi connectivity index (χ1v) is 15.0. The summed E-state index contributed by atoms with van der Waals surface area (Å²) < 4.78 is 2.29. The maximum absolute atomic E-state index is 10.6. The molecule has 0 radical (unpaired) electrons. The number of phenols is 1. The Morgan fingerprint density at radius 2 is 1.14 bits per heavy atom. The smallest absolute Gasteiger partial charge is 0.137 e. The molecule has 2 aromatic heterocycles. The van der Waals surface area contributed by atoms with E-state index in [4.69, 9.17) is 4.98 Å². The molecule has 0 fully saturated rings. The van der Waals surface area contributed by atoms with Crippen molar-refractivity contribution in [1.82, 2.24) is 9.55 Å². The second kappa shape index (κ2) is 11.0. The first-order valence-electron chi connectivity index (χ1n) is 15.0. The molecule has 44 heavy (non-hydrogen) atoms. The maximum atomic E-state index is 10.6. The third-order valence-electron chi connectivity index (χ3n) is 8.31. The van der Waals surface area contributed by atoms with E-state index in [0.29, 0.717) is 0 Å². The zero-order chi connectivity index (χ0) is 30.3. The van der Waals surface area contributed by atoms with E-state index in [1.807, 2.05) is 30.5 Å². The second-order valence-corrected chi connectivity index (χ2v) is 12.3. The molecule has 1 N–H and O–H groups in total. The van der Waals surface area contributed by atoms with Crippen LogP contribution in [0.1, 0.15) is 48.6 Å². The fourth-order valence-corrected chi connectivity index (χ4v) is 6.16. The summed E-state index contributed by atoms with van der Waals surface area (Å²) in [5, 5.41) is 13.0. The normalized spacial score (nSPS) is 11.6. The Labute approximate surface area is 258 Å². The second-order valence-electron chi connectivity index (χ2n) is 12.3. The van der Waals surface area contributed by atoms with Gasteiger partial charge in [-0.15, -0.1) is 0 Å². The van der Waals surface area contributed by atoms with Crippen molar-refractivity contribution in [3.63, 3.8) is 0 Å². The molecule has 0 saturated heterocycles. The highest BCUT2D eigenvalue weighted by Crippen LogP contribution is 2.40. The standard InChI is InChI=1S/C41H34N2O/c1-41(2,3)32-23-24-42-38(27-32)43-36-20-11-10-19-34(36)35-22-21-31(26-37(35)43)40(30-17-12-18-33(44)25-30)39(28-13-6-4-7-14-28)29-15-8-5-9-16-29/h4-27,44H,1-3H3. The number of aromatic nitrogens is 2. The van der Waals surface area contributed by atoms with Gasteiger partial charge in [-0.1, -0.05) is 124 Å². The molecule has 5 aromatic carbocycles. The van der Waals surface area contributed by atoms with Crippen LogP contribution in [0.25, 0.3) is 38.8 Å². The highest BCUT2D eigenvalue weighted by molar-refractivity contribution is 6.12. The molecule has 0 aliphatic rings. The Kier molecular flexibility index (Phi) is 6.87. The summed E-state index contributed by atoms with van der Waals surface area (Å²) in [4.78, 5) is 4.89. The fourth-order valence-electron chi connectivity index (χ4n) is 6.16. The summed E-state index contributed by atoms with van der Waals surface area (Å²) in [6.45, 7) is 6.70. The van der Waals surface area contributed by atoms with Crippen molar-refractivity contribution in [1.29, 1.82) is 0 Å². The van der Waals surface area contributed by atoms with Gasteiger partial charge in [-0.25, -0.2) is 4.98 Å². The molecule has 0 aliphatic carbocycles. The summed E-state index contributed by atoms with van der Waals surface area (Å²) in [6.07, 6.45) is 1.92. The molecule has 0 saturated carbocycles. The van der Waals surface area contributed by atoms with Crippen LogP contribution in [0.3, 0.4) is 0 Å². The topological polar surface area (TPSA) is 38.0 Å². The van der Waals surface area contributed by atoms with E-state index in [-0.39, 0.29) is 11.2 Å². The molecule has 7 rings (SSSR count). The van der Waals surface area contributed by atoms with Crippen LogP contribution in [-0.2, 0) is 5.41 Å². The molecule has 0 aliphatic heterocycles. The van der Waals surface area contributed by atoms with Gasteiger partial charge in [0.25, 0.3) is 0 Å². The number of phenolic OH excluding ortho intramolecular Hbond substituents is 1. The summed E-state index contributed by atoms with van der Waals surface area (Å²) in [5.74, 6) is 1.13. The Hall–Kier alpha value is -5.41. The molecule has 3 heteroatoms. The van der Waals surface area contributed by atoms with E-state index in [1.165, 1.54) is 16.3 Å². The molecule has 3 nitrogen and oxygen atoms in total. The monoisotopic (exact) mass is 570 g/mol. The van der Waals surface area contributed by atoms with Gasteiger partial charge in [-0.05, 0) is 80.8 Å². The van der Waals surface area contributed by atoms with E-state index in [1.54, 1.807) is 6.07 Å². The zero-order valence-corrected chi connectivity index (χ0v) is 25.2. The van der Waals surface area contributed by atoms with Crippen LogP contribution in [0.2, 0.25) is 0 Å². The van der Waals surface area contributed by atoms with Crippen LogP contribution in [0.4, 0.5) is 0 Å². The number of nitrogens with zero attached hydrogens (tertiary/aromatic N) is 2. The zero-order valence-electron chi connectivity index (χ0n) is 25.2. The molecular weight excluding hydrogens is 536 g/mol. The van der Waals surface area contributed by atoms with Gasteiger partial charge in [0, 0.05) is 17.0 Å². The SMILES string of the molecule is CC(C)(C)c1ccnc(-n2c3ccccc3c3ccc(C(=C(c4ccccc4)c4ccccc4)c4cccc(O)c4)cc32)c1. The molecule has 0 unspecified atom stereocenters. The van der Waals surface area contributed by atoms with E-state index in [2.05, 4.69) is 135 Å². The first kappa shape index (κ1) is 27.4. The van der Waals surface area contributed by atoms with E-state index >= 15 is 0 Å². The van der Waals surface area contributed by atoms with Crippen molar-refractivity contribution in [2.45, 2.75) is 26.2 Å². The number of para-hydroxylation sites is 1. The van der Waals surface area contributed by atoms with Gasteiger partial charge in [-0.2, -0.15) is 0 Å². The highest BCUT2D eigenvalue weighted by Gasteiger charge is 2.21. The van der Waals surface area contributed by atoms with Crippen LogP contribution in [0.15, 0.2) is 146 Å². The average molecular weight is 571 g/mol. The summed E-state index contributed by atoms with van der Waals surface area (Å²) >= 11 is 0. The lowest BCUT2D eigenvalue weighted by atomic mass is 9.85. The Balaban J connectivity index is 1.59. The van der Waals surface area contributed by atoms with Crippen molar-refractivity contribution in [3.05, 3.63) is 174 Å². The Bertz CT molecular complexity index is 2110. The van der Waals surface area contributed by atoms with E-state index in [0.717, 1.165) is 50.3 Å². The van der Waals surface area contributed by atoms with Crippen LogP contribution in [0.5, 0.6) is 5.75 Å². The molecule has 0 spiro atoms. The van der Waals surface area contributed by atoms with Crippen molar-refractivity contribution >= 4 is 33.0 Å². The van der Waals surface area contributed by atoms with Gasteiger partial charge in [-0.3, -0.25) is 4.57 Å². The van der Waals surface area contributed by atoms with Crippen molar-refractivity contribution < 1.29 is 5.11 Å². The predicted octanol–water partition coefficient (Wildman–Crippen LogP) is 10.2. The van der Waals surface area contributed by atoms with Crippen molar-refractivity contribution in [2.75, 3.05) is 0 Å². The summed E-state index contributed by atoms with van der Waals surface area (Å²) in [6, 6.07) is 48.2. The molecule has 0 amide bonds. The predicted molar refractivity (Wildman–Crippen MR) is 183 cm³/mol. The summed E-state index contributed by atoms with van der Waals surface area (Å²) in [5.41, 5.74) is 9.81. The number of fused-ring (bicyclic) bond motifs is 3. The Morgan fingerprint density at radius 3 is 1.82 bits per heavy atom. The third-order valence-corrected chi connectivity index (χ3v) is 8.31. The number of pyridine rings is 1. The van der Waals surface area contributed by atoms with Gasteiger partial charge in [0.2, 0.25) is 0 Å². The van der Waals surface area contributed by atoms with Gasteiger partial charge < -0.3 is 5.11 Å². The van der Waals surface area contributed by atoms with Crippen LogP contribution < -0.4 is 0 Å².